The molecule has 2 fully saturated rings. The minimum atomic E-state index is -0.479. The number of nitrogens with one attached hydrogen (secondary N) is 1. The van der Waals surface area contributed by atoms with Gasteiger partial charge in [-0.15, -0.1) is 5.10 Å². The maximum Gasteiger partial charge on any atom is 0.410 e. The average molecular weight is 335 g/mol. The summed E-state index contributed by atoms with van der Waals surface area (Å²) in [6.07, 6.45) is 2.91. The summed E-state index contributed by atoms with van der Waals surface area (Å²) in [5.74, 6) is 1.34. The van der Waals surface area contributed by atoms with E-state index in [1.54, 1.807) is 16.8 Å². The van der Waals surface area contributed by atoms with Crippen LogP contribution < -0.4 is 4.90 Å². The molecule has 24 heavy (non-hydrogen) atoms. The average Bonchev–Trinajstić information content (AvgIpc) is 3.18. The summed E-state index contributed by atoms with van der Waals surface area (Å²) < 4.78 is 5.44. The van der Waals surface area contributed by atoms with Gasteiger partial charge in [-0.05, 0) is 45.4 Å². The number of H-pyrrole nitrogens is 1. The van der Waals surface area contributed by atoms with Crippen LogP contribution in [0.2, 0.25) is 0 Å². The number of fused-ring (bicyclic) bond motifs is 1. The second kappa shape index (κ2) is 6.07. The standard InChI is InChI=1S/C16H25N5O3/c1-16(2,3)24-15(23)21-8-11-5-10(6-12(11)9-21)14(22)20(4)13-7-17-19-18-13/h7,10-12H,5-6,8-9H2,1-4H3,(H,17,18,19)/t10?,11-,12+. The van der Waals surface area contributed by atoms with Crippen molar-refractivity contribution in [2.75, 3.05) is 25.0 Å². The highest BCUT2D eigenvalue weighted by Gasteiger charge is 2.46. The van der Waals surface area contributed by atoms with Crippen LogP contribution in [0.4, 0.5) is 10.6 Å². The Hall–Kier alpha value is -2.12. The van der Waals surface area contributed by atoms with Crippen molar-refractivity contribution in [3.8, 4) is 0 Å². The Balaban J connectivity index is 1.55. The zero-order chi connectivity index (χ0) is 17.5. The largest absolute Gasteiger partial charge is 0.444 e. The van der Waals surface area contributed by atoms with E-state index >= 15 is 0 Å². The van der Waals surface area contributed by atoms with Gasteiger partial charge in [-0.2, -0.15) is 10.3 Å². The Morgan fingerprint density at radius 3 is 2.42 bits per heavy atom. The minimum absolute atomic E-state index is 0.0116. The first kappa shape index (κ1) is 16.7. The van der Waals surface area contributed by atoms with Crippen molar-refractivity contribution in [3.63, 3.8) is 0 Å². The number of rotatable bonds is 2. The predicted octanol–water partition coefficient (Wildman–Crippen LogP) is 1.66. The van der Waals surface area contributed by atoms with E-state index in [2.05, 4.69) is 15.4 Å². The van der Waals surface area contributed by atoms with Crippen LogP contribution >= 0.6 is 0 Å². The smallest absolute Gasteiger partial charge is 0.410 e. The van der Waals surface area contributed by atoms with E-state index in [1.165, 1.54) is 6.20 Å². The zero-order valence-electron chi connectivity index (χ0n) is 14.7. The van der Waals surface area contributed by atoms with Crippen LogP contribution in [0.5, 0.6) is 0 Å². The lowest BCUT2D eigenvalue weighted by Gasteiger charge is -2.25. The predicted molar refractivity (Wildman–Crippen MR) is 87.3 cm³/mol. The molecule has 0 bridgehead atoms. The van der Waals surface area contributed by atoms with E-state index in [-0.39, 0.29) is 17.9 Å². The first-order valence-electron chi connectivity index (χ1n) is 8.36. The van der Waals surface area contributed by atoms with Crippen LogP contribution in [0.3, 0.4) is 0 Å². The van der Waals surface area contributed by atoms with E-state index in [4.69, 9.17) is 4.74 Å². The first-order chi connectivity index (χ1) is 11.2. The quantitative estimate of drug-likeness (QED) is 0.887. The molecule has 1 aliphatic heterocycles. The maximum atomic E-state index is 12.6. The summed E-state index contributed by atoms with van der Waals surface area (Å²) in [7, 11) is 1.72. The molecule has 1 aromatic heterocycles. The molecule has 1 N–H and O–H groups in total. The van der Waals surface area contributed by atoms with Crippen molar-refractivity contribution in [2.45, 2.75) is 39.2 Å². The number of carbonyl (C=O) groups excluding carboxylic acids is 2. The van der Waals surface area contributed by atoms with Gasteiger partial charge in [0.2, 0.25) is 5.91 Å². The first-order valence-corrected chi connectivity index (χ1v) is 8.36. The molecule has 1 saturated heterocycles. The van der Waals surface area contributed by atoms with Crippen LogP contribution in [0.25, 0.3) is 0 Å². The van der Waals surface area contributed by atoms with Crippen LogP contribution in [-0.2, 0) is 9.53 Å². The molecule has 132 valence electrons. The van der Waals surface area contributed by atoms with Crippen molar-refractivity contribution < 1.29 is 14.3 Å². The molecule has 0 aromatic carbocycles. The molecule has 8 nitrogen and oxygen atoms in total. The van der Waals surface area contributed by atoms with E-state index in [9.17, 15) is 9.59 Å². The molecule has 3 rings (SSSR count). The number of aromatic nitrogens is 3. The zero-order valence-corrected chi connectivity index (χ0v) is 14.7. The number of amides is 2. The van der Waals surface area contributed by atoms with Crippen molar-refractivity contribution in [2.24, 2.45) is 17.8 Å². The Kier molecular flexibility index (Phi) is 4.23. The summed E-state index contributed by atoms with van der Waals surface area (Å²) in [4.78, 5) is 28.1. The fourth-order valence-corrected chi connectivity index (χ4v) is 3.72. The Morgan fingerprint density at radius 1 is 1.29 bits per heavy atom. The van der Waals surface area contributed by atoms with Gasteiger partial charge in [0.15, 0.2) is 5.82 Å². The third-order valence-corrected chi connectivity index (χ3v) is 4.83. The third kappa shape index (κ3) is 3.37. The Labute approximate surface area is 141 Å². The molecular formula is C16H25N5O3. The molecule has 1 unspecified atom stereocenters. The van der Waals surface area contributed by atoms with Gasteiger partial charge in [-0.1, -0.05) is 0 Å². The highest BCUT2D eigenvalue weighted by molar-refractivity contribution is 5.93. The van der Waals surface area contributed by atoms with Gasteiger partial charge < -0.3 is 9.64 Å². The van der Waals surface area contributed by atoms with Crippen molar-refractivity contribution in [1.29, 1.82) is 0 Å². The van der Waals surface area contributed by atoms with Crippen LogP contribution in [0.15, 0.2) is 6.20 Å². The fourth-order valence-electron chi connectivity index (χ4n) is 3.72. The summed E-state index contributed by atoms with van der Waals surface area (Å²) in [5.41, 5.74) is -0.479. The summed E-state index contributed by atoms with van der Waals surface area (Å²) >= 11 is 0. The second-order valence-electron chi connectivity index (χ2n) is 7.80. The monoisotopic (exact) mass is 335 g/mol. The highest BCUT2D eigenvalue weighted by atomic mass is 16.6. The third-order valence-electron chi connectivity index (χ3n) is 4.83. The molecule has 8 heteroatoms. The van der Waals surface area contributed by atoms with Gasteiger partial charge >= 0.3 is 6.09 Å². The molecular weight excluding hydrogens is 310 g/mol. The number of hydrogen-bond acceptors (Lipinski definition) is 5. The normalized spacial score (nSPS) is 26.3. The summed E-state index contributed by atoms with van der Waals surface area (Å²) in [5, 5.41) is 10.2. The van der Waals surface area contributed by atoms with Crippen LogP contribution in [0.1, 0.15) is 33.6 Å². The van der Waals surface area contributed by atoms with Gasteiger partial charge in [0, 0.05) is 26.1 Å². The molecule has 2 heterocycles. The molecule has 2 amide bonds. The molecule has 1 aromatic rings. The summed E-state index contributed by atoms with van der Waals surface area (Å²) in [6, 6.07) is 0. The number of ether oxygens (including phenoxy) is 1. The number of aromatic amines is 1. The van der Waals surface area contributed by atoms with Gasteiger partial charge in [0.1, 0.15) is 5.60 Å². The van der Waals surface area contributed by atoms with Crippen molar-refractivity contribution >= 4 is 17.8 Å². The number of carbonyl (C=O) groups is 2. The SMILES string of the molecule is CN(C(=O)C1C[C@@H]2CN(C(=O)OC(C)(C)C)C[C@@H]2C1)c1cn[nH]n1. The number of anilines is 1. The van der Waals surface area contributed by atoms with Crippen molar-refractivity contribution in [1.82, 2.24) is 20.3 Å². The molecule has 1 aliphatic carbocycles. The minimum Gasteiger partial charge on any atom is -0.444 e. The van der Waals surface area contributed by atoms with Gasteiger partial charge in [-0.25, -0.2) is 4.79 Å². The lowest BCUT2D eigenvalue weighted by molar-refractivity contribution is -0.122. The molecule has 0 spiro atoms. The van der Waals surface area contributed by atoms with Crippen LogP contribution in [-0.4, -0.2) is 58.0 Å². The van der Waals surface area contributed by atoms with E-state index in [1.807, 2.05) is 20.8 Å². The summed E-state index contributed by atoms with van der Waals surface area (Å²) in [6.45, 7) is 6.97. The van der Waals surface area contributed by atoms with Gasteiger partial charge in [0.05, 0.1) is 6.20 Å². The van der Waals surface area contributed by atoms with Gasteiger partial charge in [-0.3, -0.25) is 9.69 Å². The fraction of sp³-hybridized carbons (Fsp3) is 0.750. The van der Waals surface area contributed by atoms with Gasteiger partial charge in [0.25, 0.3) is 0 Å². The molecule has 1 saturated carbocycles. The van der Waals surface area contributed by atoms with Crippen LogP contribution in [0, 0.1) is 17.8 Å². The molecule has 0 radical (unpaired) electrons. The lowest BCUT2D eigenvalue weighted by Crippen LogP contribution is -2.37. The lowest BCUT2D eigenvalue weighted by atomic mass is 10.0. The number of hydrogen-bond donors (Lipinski definition) is 1. The topological polar surface area (TPSA) is 91.4 Å². The molecule has 3 atom stereocenters. The van der Waals surface area contributed by atoms with E-state index in [0.29, 0.717) is 30.7 Å². The maximum absolute atomic E-state index is 12.6. The Bertz CT molecular complexity index is 596. The number of likely N-dealkylation sites (tertiary alicyclic amines) is 1. The molecule has 2 aliphatic rings. The highest BCUT2D eigenvalue weighted by Crippen LogP contribution is 2.42. The van der Waals surface area contributed by atoms with E-state index in [0.717, 1.165) is 12.8 Å². The Morgan fingerprint density at radius 2 is 1.92 bits per heavy atom. The van der Waals surface area contributed by atoms with E-state index < -0.39 is 5.60 Å². The second-order valence-corrected chi connectivity index (χ2v) is 7.80. The number of nitrogens with zero attached hydrogens (tertiary/aromatic N) is 4. The van der Waals surface area contributed by atoms with Crippen molar-refractivity contribution in [3.05, 3.63) is 6.20 Å².